The number of anilines is 2. The highest BCUT2D eigenvalue weighted by atomic mass is 32.2. The van der Waals surface area contributed by atoms with Crippen LogP contribution in [-0.4, -0.2) is 41.5 Å². The van der Waals surface area contributed by atoms with Crippen molar-refractivity contribution in [3.8, 4) is 5.75 Å². The van der Waals surface area contributed by atoms with Crippen LogP contribution in [0, 0.1) is 5.92 Å². The van der Waals surface area contributed by atoms with Crippen LogP contribution in [0.4, 0.5) is 15.6 Å². The van der Waals surface area contributed by atoms with Crippen molar-refractivity contribution in [3.05, 3.63) is 24.3 Å². The van der Waals surface area contributed by atoms with E-state index in [1.165, 1.54) is 23.1 Å². The molecule has 1 aromatic carbocycles. The second-order valence-electron chi connectivity index (χ2n) is 6.01. The molecule has 10 heteroatoms. The van der Waals surface area contributed by atoms with E-state index in [0.29, 0.717) is 21.9 Å². The summed E-state index contributed by atoms with van der Waals surface area (Å²) in [4.78, 5) is 23.4. The summed E-state index contributed by atoms with van der Waals surface area (Å²) in [6.45, 7) is 4.68. The lowest BCUT2D eigenvalue weighted by molar-refractivity contribution is -0.117. The third-order valence-electron chi connectivity index (χ3n) is 3.31. The molecule has 0 aliphatic carbocycles. The zero-order valence-electron chi connectivity index (χ0n) is 15.4. The van der Waals surface area contributed by atoms with E-state index < -0.39 is 6.03 Å². The molecule has 0 saturated heterocycles. The molecule has 0 unspecified atom stereocenters. The number of imide groups is 1. The van der Waals surface area contributed by atoms with Gasteiger partial charge in [0, 0.05) is 18.3 Å². The summed E-state index contributed by atoms with van der Waals surface area (Å²) < 4.78 is 5.81. The van der Waals surface area contributed by atoms with Crippen LogP contribution < -0.4 is 20.7 Å². The summed E-state index contributed by atoms with van der Waals surface area (Å²) in [6, 6.07) is 6.99. The van der Waals surface area contributed by atoms with Gasteiger partial charge in [0.05, 0.1) is 12.9 Å². The summed E-state index contributed by atoms with van der Waals surface area (Å²) in [6.07, 6.45) is 0.865. The van der Waals surface area contributed by atoms with Gasteiger partial charge < -0.3 is 15.4 Å². The van der Waals surface area contributed by atoms with Gasteiger partial charge in [-0.15, -0.1) is 10.2 Å². The molecule has 0 aliphatic rings. The fourth-order valence-corrected chi connectivity index (χ4v) is 3.52. The average molecular weight is 410 g/mol. The standard InChI is InChI=1S/C17H23N5O3S2/c1-11(2)7-8-18-15(24)20-14(23)10-26-17-22-21-16(27-17)19-12-5-4-6-13(9-12)25-3/h4-6,9,11H,7-8,10H2,1-3H3,(H,19,21)(H2,18,20,23,24). The van der Waals surface area contributed by atoms with Gasteiger partial charge in [0.25, 0.3) is 0 Å². The highest BCUT2D eigenvalue weighted by Crippen LogP contribution is 2.28. The largest absolute Gasteiger partial charge is 0.497 e. The highest BCUT2D eigenvalue weighted by Gasteiger charge is 2.11. The zero-order valence-corrected chi connectivity index (χ0v) is 17.1. The first kappa shape index (κ1) is 21.0. The number of aromatic nitrogens is 2. The highest BCUT2D eigenvalue weighted by molar-refractivity contribution is 8.01. The SMILES string of the molecule is COc1cccc(Nc2nnc(SCC(=O)NC(=O)NCCC(C)C)s2)c1. The monoisotopic (exact) mass is 409 g/mol. The van der Waals surface area contributed by atoms with Crippen molar-refractivity contribution in [3.63, 3.8) is 0 Å². The first-order valence-corrected chi connectivity index (χ1v) is 10.2. The Morgan fingerprint density at radius 1 is 1.30 bits per heavy atom. The second kappa shape index (κ2) is 10.7. The molecular weight excluding hydrogens is 386 g/mol. The van der Waals surface area contributed by atoms with Gasteiger partial charge in [-0.3, -0.25) is 10.1 Å². The minimum Gasteiger partial charge on any atom is -0.497 e. The Morgan fingerprint density at radius 2 is 2.11 bits per heavy atom. The number of benzene rings is 1. The molecule has 1 heterocycles. The topological polar surface area (TPSA) is 105 Å². The maximum Gasteiger partial charge on any atom is 0.321 e. The Hall–Kier alpha value is -2.33. The third kappa shape index (κ3) is 7.83. The quantitative estimate of drug-likeness (QED) is 0.546. The van der Waals surface area contributed by atoms with Gasteiger partial charge >= 0.3 is 6.03 Å². The van der Waals surface area contributed by atoms with E-state index in [1.54, 1.807) is 7.11 Å². The number of urea groups is 1. The van der Waals surface area contributed by atoms with Crippen molar-refractivity contribution >= 4 is 45.9 Å². The molecule has 0 bridgehead atoms. The number of hydrogen-bond acceptors (Lipinski definition) is 8. The number of thioether (sulfide) groups is 1. The molecule has 3 N–H and O–H groups in total. The van der Waals surface area contributed by atoms with Crippen molar-refractivity contribution < 1.29 is 14.3 Å². The first-order valence-electron chi connectivity index (χ1n) is 8.41. The minimum atomic E-state index is -0.473. The van der Waals surface area contributed by atoms with Crippen LogP contribution in [0.25, 0.3) is 0 Å². The van der Waals surface area contributed by atoms with Crippen molar-refractivity contribution in [2.45, 2.75) is 24.6 Å². The normalized spacial score (nSPS) is 10.5. The molecule has 146 valence electrons. The number of methoxy groups -OCH3 is 1. The lowest BCUT2D eigenvalue weighted by atomic mass is 10.1. The van der Waals surface area contributed by atoms with E-state index in [0.717, 1.165) is 17.9 Å². The van der Waals surface area contributed by atoms with Crippen LogP contribution in [0.1, 0.15) is 20.3 Å². The van der Waals surface area contributed by atoms with Gasteiger partial charge in [-0.05, 0) is 24.5 Å². The molecule has 0 saturated carbocycles. The molecule has 8 nitrogen and oxygen atoms in total. The van der Waals surface area contributed by atoms with Gasteiger partial charge in [0.2, 0.25) is 11.0 Å². The number of hydrogen-bond donors (Lipinski definition) is 3. The summed E-state index contributed by atoms with van der Waals surface area (Å²) in [5.41, 5.74) is 0.831. The van der Waals surface area contributed by atoms with Gasteiger partial charge in [-0.1, -0.05) is 43.0 Å². The molecule has 0 atom stereocenters. The number of carbonyl (C=O) groups is 2. The van der Waals surface area contributed by atoms with Crippen LogP contribution in [0.2, 0.25) is 0 Å². The summed E-state index contributed by atoms with van der Waals surface area (Å²) in [7, 11) is 1.61. The van der Waals surface area contributed by atoms with Crippen molar-refractivity contribution in [1.29, 1.82) is 0 Å². The van der Waals surface area contributed by atoms with E-state index in [4.69, 9.17) is 4.74 Å². The lowest BCUT2D eigenvalue weighted by Gasteiger charge is -2.07. The van der Waals surface area contributed by atoms with Crippen LogP contribution in [0.3, 0.4) is 0 Å². The summed E-state index contributed by atoms with van der Waals surface area (Å²) in [5, 5.41) is 16.8. The van der Waals surface area contributed by atoms with Crippen LogP contribution in [-0.2, 0) is 4.79 Å². The first-order chi connectivity index (χ1) is 13.0. The van der Waals surface area contributed by atoms with Crippen molar-refractivity contribution in [2.24, 2.45) is 5.92 Å². The van der Waals surface area contributed by atoms with E-state index in [-0.39, 0.29) is 11.7 Å². The molecule has 3 amide bonds. The number of ether oxygens (including phenoxy) is 1. The number of rotatable bonds is 9. The van der Waals surface area contributed by atoms with Crippen LogP contribution >= 0.6 is 23.1 Å². The Kier molecular flexibility index (Phi) is 8.34. The Morgan fingerprint density at radius 3 is 2.85 bits per heavy atom. The Labute approximate surface area is 166 Å². The van der Waals surface area contributed by atoms with Crippen LogP contribution in [0.15, 0.2) is 28.6 Å². The fourth-order valence-electron chi connectivity index (χ4n) is 1.95. The van der Waals surface area contributed by atoms with E-state index in [9.17, 15) is 9.59 Å². The molecule has 0 spiro atoms. The molecule has 2 rings (SSSR count). The predicted molar refractivity (Wildman–Crippen MR) is 108 cm³/mol. The summed E-state index contributed by atoms with van der Waals surface area (Å²) >= 11 is 2.55. The summed E-state index contributed by atoms with van der Waals surface area (Å²) in [5.74, 6) is 0.946. The molecule has 0 aliphatic heterocycles. The molecule has 1 aromatic heterocycles. The lowest BCUT2D eigenvalue weighted by Crippen LogP contribution is -2.40. The smallest absolute Gasteiger partial charge is 0.321 e. The van der Waals surface area contributed by atoms with Gasteiger partial charge in [-0.25, -0.2) is 4.79 Å². The van der Waals surface area contributed by atoms with Crippen molar-refractivity contribution in [1.82, 2.24) is 20.8 Å². The maximum absolute atomic E-state index is 11.8. The number of carbonyl (C=O) groups excluding carboxylic acids is 2. The third-order valence-corrected chi connectivity index (χ3v) is 5.29. The van der Waals surface area contributed by atoms with Crippen molar-refractivity contribution in [2.75, 3.05) is 24.7 Å². The van der Waals surface area contributed by atoms with Gasteiger partial charge in [-0.2, -0.15) is 0 Å². The molecule has 0 fully saturated rings. The van der Waals surface area contributed by atoms with E-state index >= 15 is 0 Å². The number of amides is 3. The van der Waals surface area contributed by atoms with E-state index in [2.05, 4.69) is 40.0 Å². The van der Waals surface area contributed by atoms with E-state index in [1.807, 2.05) is 24.3 Å². The van der Waals surface area contributed by atoms with Gasteiger partial charge in [0.1, 0.15) is 5.75 Å². The van der Waals surface area contributed by atoms with Gasteiger partial charge in [0.15, 0.2) is 4.34 Å². The number of nitrogens with zero attached hydrogens (tertiary/aromatic N) is 2. The fraction of sp³-hybridized carbons (Fsp3) is 0.412. The number of nitrogens with one attached hydrogen (secondary N) is 3. The molecule has 27 heavy (non-hydrogen) atoms. The molecule has 0 radical (unpaired) electrons. The second-order valence-corrected chi connectivity index (χ2v) is 8.21. The molecule has 2 aromatic rings. The minimum absolute atomic E-state index is 0.0887. The molecular formula is C17H23N5O3S2. The zero-order chi connectivity index (χ0) is 19.6. The van der Waals surface area contributed by atoms with Crippen LogP contribution in [0.5, 0.6) is 5.75 Å². The maximum atomic E-state index is 11.8. The Balaban J connectivity index is 1.75. The average Bonchev–Trinajstić information content (AvgIpc) is 3.07. The Bertz CT molecular complexity index is 767. The predicted octanol–water partition coefficient (Wildman–Crippen LogP) is 3.25.